The smallest absolute Gasteiger partial charge is 0.191 e. The van der Waals surface area contributed by atoms with Crippen LogP contribution in [-0.2, 0) is 4.74 Å². The second kappa shape index (κ2) is 4.81. The van der Waals surface area contributed by atoms with Gasteiger partial charge in [0.1, 0.15) is 0 Å². The Hall–Kier alpha value is -0.810. The van der Waals surface area contributed by atoms with Crippen molar-refractivity contribution in [1.82, 2.24) is 10.6 Å². The maximum absolute atomic E-state index is 8.71. The zero-order chi connectivity index (χ0) is 10.7. The molecule has 2 aliphatic heterocycles. The number of rotatable bonds is 3. The summed E-state index contributed by atoms with van der Waals surface area (Å²) in [4.78, 5) is 4.10. The molecular formula is C10H19N3O2. The van der Waals surface area contributed by atoms with Crippen molar-refractivity contribution in [1.29, 1.82) is 0 Å². The number of guanidine groups is 1. The van der Waals surface area contributed by atoms with Gasteiger partial charge in [0.25, 0.3) is 0 Å². The normalized spacial score (nSPS) is 34.5. The van der Waals surface area contributed by atoms with Crippen LogP contribution in [-0.4, -0.2) is 49.5 Å². The molecule has 5 heteroatoms. The third-order valence-electron chi connectivity index (χ3n) is 3.06. The molecule has 3 N–H and O–H groups in total. The zero-order valence-corrected chi connectivity index (χ0v) is 9.07. The molecule has 0 amide bonds. The molecule has 0 aliphatic carbocycles. The summed E-state index contributed by atoms with van der Waals surface area (Å²) in [5.74, 6) is 0.755. The third-order valence-corrected chi connectivity index (χ3v) is 3.06. The van der Waals surface area contributed by atoms with E-state index in [2.05, 4.69) is 15.6 Å². The summed E-state index contributed by atoms with van der Waals surface area (Å²) in [6.07, 6.45) is 4.22. The Morgan fingerprint density at radius 3 is 2.93 bits per heavy atom. The second-order valence-corrected chi connectivity index (χ2v) is 4.08. The van der Waals surface area contributed by atoms with E-state index in [1.54, 1.807) is 7.05 Å². The van der Waals surface area contributed by atoms with Gasteiger partial charge in [-0.05, 0) is 19.3 Å². The monoisotopic (exact) mass is 213 g/mol. The molecule has 86 valence electrons. The first-order chi connectivity index (χ1) is 7.33. The molecule has 2 rings (SSSR count). The predicted molar refractivity (Wildman–Crippen MR) is 57.9 cm³/mol. The highest BCUT2D eigenvalue weighted by Crippen LogP contribution is 2.34. The number of fused-ring (bicyclic) bond motifs is 2. The quantitative estimate of drug-likeness (QED) is 0.435. The van der Waals surface area contributed by atoms with E-state index in [9.17, 15) is 0 Å². The SMILES string of the molecule is CN=C(NCCO)NC1CC2CCC1O2. The lowest BCUT2D eigenvalue weighted by atomic mass is 9.96. The lowest BCUT2D eigenvalue weighted by Gasteiger charge is -2.22. The van der Waals surface area contributed by atoms with Crippen molar-refractivity contribution in [2.75, 3.05) is 20.2 Å². The van der Waals surface area contributed by atoms with Crippen LogP contribution in [0.1, 0.15) is 19.3 Å². The van der Waals surface area contributed by atoms with Crippen LogP contribution in [0, 0.1) is 0 Å². The van der Waals surface area contributed by atoms with Gasteiger partial charge in [-0.15, -0.1) is 0 Å². The number of aliphatic imine (C=N–C) groups is 1. The van der Waals surface area contributed by atoms with Crippen LogP contribution in [0.2, 0.25) is 0 Å². The van der Waals surface area contributed by atoms with Crippen molar-refractivity contribution in [3.63, 3.8) is 0 Å². The van der Waals surface area contributed by atoms with Crippen LogP contribution in [0.25, 0.3) is 0 Å². The Kier molecular flexibility index (Phi) is 3.43. The van der Waals surface area contributed by atoms with E-state index in [1.807, 2.05) is 0 Å². The average molecular weight is 213 g/mol. The lowest BCUT2D eigenvalue weighted by Crippen LogP contribution is -2.47. The molecule has 2 aliphatic rings. The summed E-state index contributed by atoms with van der Waals surface area (Å²) in [5.41, 5.74) is 0. The Balaban J connectivity index is 1.80. The highest BCUT2D eigenvalue weighted by Gasteiger charge is 2.40. The first kappa shape index (κ1) is 10.7. The molecule has 0 aromatic rings. The summed E-state index contributed by atoms with van der Waals surface area (Å²) in [6.45, 7) is 0.648. The van der Waals surface area contributed by atoms with E-state index in [0.29, 0.717) is 24.8 Å². The molecule has 2 bridgehead atoms. The van der Waals surface area contributed by atoms with Crippen LogP contribution in [0.4, 0.5) is 0 Å². The van der Waals surface area contributed by atoms with Crippen molar-refractivity contribution >= 4 is 5.96 Å². The minimum atomic E-state index is 0.119. The van der Waals surface area contributed by atoms with Gasteiger partial charge < -0.3 is 20.5 Å². The van der Waals surface area contributed by atoms with E-state index in [0.717, 1.165) is 18.8 Å². The largest absolute Gasteiger partial charge is 0.395 e. The van der Waals surface area contributed by atoms with E-state index in [1.165, 1.54) is 6.42 Å². The Bertz CT molecular complexity index is 245. The summed E-state index contributed by atoms with van der Waals surface area (Å²) >= 11 is 0. The van der Waals surface area contributed by atoms with Crippen LogP contribution >= 0.6 is 0 Å². The van der Waals surface area contributed by atoms with Crippen LogP contribution in [0.15, 0.2) is 4.99 Å². The van der Waals surface area contributed by atoms with Gasteiger partial charge >= 0.3 is 0 Å². The highest BCUT2D eigenvalue weighted by molar-refractivity contribution is 5.80. The molecule has 2 saturated heterocycles. The van der Waals surface area contributed by atoms with Gasteiger partial charge in [-0.3, -0.25) is 4.99 Å². The molecular weight excluding hydrogens is 194 g/mol. The second-order valence-electron chi connectivity index (χ2n) is 4.08. The van der Waals surface area contributed by atoms with Crippen molar-refractivity contribution in [3.05, 3.63) is 0 Å². The summed E-state index contributed by atoms with van der Waals surface area (Å²) in [7, 11) is 1.74. The van der Waals surface area contributed by atoms with Gasteiger partial charge in [0, 0.05) is 13.6 Å². The molecule has 0 aromatic heterocycles. The number of aliphatic hydroxyl groups is 1. The van der Waals surface area contributed by atoms with E-state index >= 15 is 0 Å². The van der Waals surface area contributed by atoms with Gasteiger partial charge in [0.05, 0.1) is 24.9 Å². The fraction of sp³-hybridized carbons (Fsp3) is 0.900. The summed E-state index contributed by atoms with van der Waals surface area (Å²) < 4.78 is 5.74. The first-order valence-electron chi connectivity index (χ1n) is 5.57. The van der Waals surface area contributed by atoms with E-state index in [4.69, 9.17) is 9.84 Å². The fourth-order valence-corrected chi connectivity index (χ4v) is 2.33. The van der Waals surface area contributed by atoms with Gasteiger partial charge in [-0.2, -0.15) is 0 Å². The van der Waals surface area contributed by atoms with Gasteiger partial charge in [-0.1, -0.05) is 0 Å². The average Bonchev–Trinajstić information content (AvgIpc) is 2.85. The zero-order valence-electron chi connectivity index (χ0n) is 9.07. The number of hydrogen-bond donors (Lipinski definition) is 3. The van der Waals surface area contributed by atoms with Gasteiger partial charge in [0.2, 0.25) is 0 Å². The minimum Gasteiger partial charge on any atom is -0.395 e. The molecule has 2 fully saturated rings. The molecule has 3 atom stereocenters. The molecule has 0 saturated carbocycles. The molecule has 0 radical (unpaired) electrons. The van der Waals surface area contributed by atoms with Crippen molar-refractivity contribution in [2.24, 2.45) is 4.99 Å². The first-order valence-corrected chi connectivity index (χ1v) is 5.57. The number of nitrogens with zero attached hydrogens (tertiary/aromatic N) is 1. The van der Waals surface area contributed by atoms with Gasteiger partial charge in [0.15, 0.2) is 5.96 Å². The molecule has 0 spiro atoms. The summed E-state index contributed by atoms with van der Waals surface area (Å²) in [6, 6.07) is 0.383. The molecule has 2 heterocycles. The third kappa shape index (κ3) is 2.41. The van der Waals surface area contributed by atoms with E-state index < -0.39 is 0 Å². The maximum Gasteiger partial charge on any atom is 0.191 e. The molecule has 15 heavy (non-hydrogen) atoms. The summed E-state index contributed by atoms with van der Waals surface area (Å²) in [5, 5.41) is 15.1. The number of nitrogens with one attached hydrogen (secondary N) is 2. The van der Waals surface area contributed by atoms with Crippen LogP contribution in [0.5, 0.6) is 0 Å². The fourth-order valence-electron chi connectivity index (χ4n) is 2.33. The Morgan fingerprint density at radius 1 is 1.53 bits per heavy atom. The van der Waals surface area contributed by atoms with Gasteiger partial charge in [-0.25, -0.2) is 0 Å². The number of ether oxygens (including phenoxy) is 1. The Labute approximate surface area is 89.9 Å². The van der Waals surface area contributed by atoms with Crippen LogP contribution in [0.3, 0.4) is 0 Å². The predicted octanol–water partition coefficient (Wildman–Crippen LogP) is -0.536. The standard InChI is InChI=1S/C10H19N3O2/c1-11-10(12-4-5-14)13-8-6-7-2-3-9(8)15-7/h7-9,14H,2-6H2,1H3,(H2,11,12,13). The van der Waals surface area contributed by atoms with Crippen molar-refractivity contribution in [2.45, 2.75) is 37.5 Å². The lowest BCUT2D eigenvalue weighted by molar-refractivity contribution is 0.0992. The minimum absolute atomic E-state index is 0.119. The topological polar surface area (TPSA) is 65.9 Å². The molecule has 3 unspecified atom stereocenters. The van der Waals surface area contributed by atoms with E-state index in [-0.39, 0.29) is 6.61 Å². The Morgan fingerprint density at radius 2 is 2.40 bits per heavy atom. The number of hydrogen-bond acceptors (Lipinski definition) is 3. The highest BCUT2D eigenvalue weighted by atomic mass is 16.5. The molecule has 5 nitrogen and oxygen atoms in total. The van der Waals surface area contributed by atoms with Crippen molar-refractivity contribution < 1.29 is 9.84 Å². The van der Waals surface area contributed by atoms with Crippen molar-refractivity contribution in [3.8, 4) is 0 Å². The molecule has 0 aromatic carbocycles. The van der Waals surface area contributed by atoms with Crippen LogP contribution < -0.4 is 10.6 Å². The maximum atomic E-state index is 8.71. The number of aliphatic hydroxyl groups excluding tert-OH is 1.